The van der Waals surface area contributed by atoms with Gasteiger partial charge >= 0.3 is 29.9 Å². The molecule has 1 heterocycles. The zero-order valence-corrected chi connectivity index (χ0v) is 19.9. The monoisotopic (exact) mass is 578 g/mol. The quantitative estimate of drug-likeness (QED) is 0.126. The lowest BCUT2D eigenvalue weighted by Crippen LogP contribution is -2.39. The Bertz CT molecular complexity index is 1240. The number of nitrogens with zero attached hydrogens (tertiary/aromatic N) is 2. The van der Waals surface area contributed by atoms with Gasteiger partial charge < -0.3 is 27.2 Å². The number of hydrogen-bond donors (Lipinski definition) is 5. The summed E-state index contributed by atoms with van der Waals surface area (Å²) < 4.78 is 67.0. The molecule has 1 aromatic heterocycles. The minimum Gasteiger partial charge on any atom is -0.481 e. The first-order valence-electron chi connectivity index (χ1n) is 10.5. The van der Waals surface area contributed by atoms with Crippen LogP contribution in [0.2, 0.25) is 0 Å². The fraction of sp³-hybridized carbons (Fsp3) is 0.227. The molecule has 0 radical (unpaired) electrons. The molecule has 1 atom stereocenters. The summed E-state index contributed by atoms with van der Waals surface area (Å²) in [6.45, 7) is -0.332. The van der Waals surface area contributed by atoms with Gasteiger partial charge in [0.05, 0.1) is 24.7 Å². The van der Waals surface area contributed by atoms with Gasteiger partial charge in [-0.15, -0.1) is 0 Å². The number of alkyl halides is 6. The van der Waals surface area contributed by atoms with Crippen molar-refractivity contribution in [3.63, 3.8) is 0 Å². The van der Waals surface area contributed by atoms with Gasteiger partial charge in [0.25, 0.3) is 5.91 Å². The maximum atomic E-state index is 12.2. The number of nitrogens with two attached hydrogens (primary N) is 2. The number of aromatic nitrogens is 1. The Hall–Kier alpha value is -5.03. The van der Waals surface area contributed by atoms with E-state index in [4.69, 9.17) is 16.6 Å². The predicted octanol–water partition coefficient (Wildman–Crippen LogP) is 1.30. The SMILES string of the molecule is NC(N)=Nc1cccc(C(=O)NCC(=O)NC(CC(=O)O)c2cccnc2)c1.O=C(C(=O)C(F)(F)F)C(F)(F)F. The molecule has 0 saturated heterocycles. The molecule has 0 aliphatic rings. The van der Waals surface area contributed by atoms with Gasteiger partial charge in [-0.1, -0.05) is 12.1 Å². The van der Waals surface area contributed by atoms with Crippen molar-refractivity contribution < 1.29 is 55.4 Å². The number of ketones is 2. The summed E-state index contributed by atoms with van der Waals surface area (Å²) in [5.41, 5.74) is 11.8. The normalized spacial score (nSPS) is 11.7. The van der Waals surface area contributed by atoms with E-state index in [9.17, 15) is 50.3 Å². The van der Waals surface area contributed by atoms with Crippen molar-refractivity contribution in [2.24, 2.45) is 16.5 Å². The zero-order chi connectivity index (χ0) is 30.7. The molecular formula is C22H20F6N6O6. The summed E-state index contributed by atoms with van der Waals surface area (Å²) in [5, 5.41) is 14.1. The summed E-state index contributed by atoms with van der Waals surface area (Å²) in [7, 11) is 0. The molecule has 0 spiro atoms. The highest BCUT2D eigenvalue weighted by Gasteiger charge is 2.54. The molecule has 0 aliphatic heterocycles. The van der Waals surface area contributed by atoms with E-state index in [0.29, 0.717) is 11.3 Å². The number of aliphatic imine (C=N–C) groups is 1. The van der Waals surface area contributed by atoms with Crippen LogP contribution < -0.4 is 22.1 Å². The number of carboxylic acid groups (broad SMARTS) is 1. The second-order valence-electron chi connectivity index (χ2n) is 7.43. The Balaban J connectivity index is 0.000000562. The van der Waals surface area contributed by atoms with Crippen LogP contribution in [0.25, 0.3) is 0 Å². The van der Waals surface area contributed by atoms with E-state index in [-0.39, 0.29) is 24.5 Å². The number of amides is 2. The summed E-state index contributed by atoms with van der Waals surface area (Å²) in [6.07, 6.45) is -8.84. The topological polar surface area (TPSA) is 207 Å². The molecule has 2 rings (SSSR count). The highest BCUT2D eigenvalue weighted by molar-refractivity contribution is 6.41. The molecule has 0 saturated carbocycles. The van der Waals surface area contributed by atoms with E-state index < -0.39 is 47.7 Å². The van der Waals surface area contributed by atoms with Crippen molar-refractivity contribution in [3.8, 4) is 0 Å². The summed E-state index contributed by atoms with van der Waals surface area (Å²) in [6, 6.07) is 8.77. The third-order valence-corrected chi connectivity index (χ3v) is 4.30. The number of pyridine rings is 1. The minimum atomic E-state index is -5.77. The van der Waals surface area contributed by atoms with E-state index in [2.05, 4.69) is 20.6 Å². The van der Waals surface area contributed by atoms with Gasteiger partial charge in [-0.3, -0.25) is 29.0 Å². The number of carboxylic acids is 1. The van der Waals surface area contributed by atoms with Crippen LogP contribution in [0.5, 0.6) is 0 Å². The second kappa shape index (κ2) is 14.2. The highest BCUT2D eigenvalue weighted by atomic mass is 19.4. The van der Waals surface area contributed by atoms with Crippen LogP contribution in [0.3, 0.4) is 0 Å². The fourth-order valence-electron chi connectivity index (χ4n) is 2.64. The van der Waals surface area contributed by atoms with Gasteiger partial charge in [0.2, 0.25) is 5.91 Å². The van der Waals surface area contributed by atoms with Crippen molar-refractivity contribution in [2.45, 2.75) is 24.8 Å². The Morgan fingerprint density at radius 1 is 0.950 bits per heavy atom. The molecule has 12 nitrogen and oxygen atoms in total. The van der Waals surface area contributed by atoms with Crippen molar-refractivity contribution in [3.05, 3.63) is 59.9 Å². The van der Waals surface area contributed by atoms with E-state index in [1.807, 2.05) is 0 Å². The summed E-state index contributed by atoms with van der Waals surface area (Å²) >= 11 is 0. The maximum Gasteiger partial charge on any atom is 0.458 e. The van der Waals surface area contributed by atoms with Gasteiger partial charge in [-0.25, -0.2) is 4.99 Å². The van der Waals surface area contributed by atoms with Gasteiger partial charge in [0.15, 0.2) is 5.96 Å². The van der Waals surface area contributed by atoms with E-state index in [1.165, 1.54) is 12.3 Å². The number of benzene rings is 1. The van der Waals surface area contributed by atoms with E-state index in [0.717, 1.165) is 0 Å². The predicted molar refractivity (Wildman–Crippen MR) is 124 cm³/mol. The van der Waals surface area contributed by atoms with Crippen LogP contribution in [0, 0.1) is 0 Å². The van der Waals surface area contributed by atoms with Gasteiger partial charge in [0, 0.05) is 18.0 Å². The van der Waals surface area contributed by atoms with Crippen LogP contribution in [-0.2, 0) is 19.2 Å². The Morgan fingerprint density at radius 3 is 2.02 bits per heavy atom. The maximum absolute atomic E-state index is 12.2. The lowest BCUT2D eigenvalue weighted by atomic mass is 10.1. The second-order valence-corrected chi connectivity index (χ2v) is 7.43. The molecule has 0 aliphatic carbocycles. The number of rotatable bonds is 9. The average Bonchev–Trinajstić information content (AvgIpc) is 2.85. The largest absolute Gasteiger partial charge is 0.481 e. The number of guanidine groups is 1. The average molecular weight is 578 g/mol. The van der Waals surface area contributed by atoms with E-state index in [1.54, 1.807) is 36.5 Å². The lowest BCUT2D eigenvalue weighted by molar-refractivity contribution is -0.193. The van der Waals surface area contributed by atoms with E-state index >= 15 is 0 Å². The minimum absolute atomic E-state index is 0.142. The Labute approximate surface area is 220 Å². The first-order chi connectivity index (χ1) is 18.4. The van der Waals surface area contributed by atoms with Crippen molar-refractivity contribution >= 4 is 41.0 Å². The number of carbonyl (C=O) groups excluding carboxylic acids is 4. The number of aliphatic carboxylic acids is 1. The summed E-state index contributed by atoms with van der Waals surface area (Å²) in [4.78, 5) is 62.4. The fourth-order valence-corrected chi connectivity index (χ4v) is 2.64. The molecule has 1 unspecified atom stereocenters. The Morgan fingerprint density at radius 2 is 1.55 bits per heavy atom. The molecule has 0 bridgehead atoms. The number of carbonyl (C=O) groups is 5. The van der Waals surface area contributed by atoms with Gasteiger partial charge in [-0.2, -0.15) is 26.3 Å². The zero-order valence-electron chi connectivity index (χ0n) is 19.9. The number of nitrogens with one attached hydrogen (secondary N) is 2. The highest BCUT2D eigenvalue weighted by Crippen LogP contribution is 2.24. The third kappa shape index (κ3) is 11.6. The van der Waals surface area contributed by atoms with Crippen molar-refractivity contribution in [1.82, 2.24) is 15.6 Å². The number of hydrogen-bond acceptors (Lipinski definition) is 7. The lowest BCUT2D eigenvalue weighted by Gasteiger charge is -2.17. The molecule has 18 heteroatoms. The summed E-state index contributed by atoms with van der Waals surface area (Å²) in [5.74, 6) is -9.07. The van der Waals surface area contributed by atoms with Crippen LogP contribution in [0.4, 0.5) is 32.0 Å². The van der Waals surface area contributed by atoms with Crippen molar-refractivity contribution in [1.29, 1.82) is 0 Å². The number of halogens is 6. The first kappa shape index (κ1) is 33.0. The van der Waals surface area contributed by atoms with Crippen LogP contribution in [-0.4, -0.2) is 64.3 Å². The smallest absolute Gasteiger partial charge is 0.458 e. The molecule has 7 N–H and O–H groups in total. The van der Waals surface area contributed by atoms with Gasteiger partial charge in [-0.05, 0) is 29.8 Å². The van der Waals surface area contributed by atoms with Crippen LogP contribution >= 0.6 is 0 Å². The number of Topliss-reactive ketones (excluding diaryl/α,β-unsaturated/α-hetero) is 2. The van der Waals surface area contributed by atoms with Crippen LogP contribution in [0.15, 0.2) is 53.8 Å². The molecule has 2 aromatic rings. The first-order valence-corrected chi connectivity index (χ1v) is 10.5. The molecule has 40 heavy (non-hydrogen) atoms. The molecule has 2 amide bonds. The molecule has 1 aromatic carbocycles. The Kier molecular flexibility index (Phi) is 11.7. The standard InChI is InChI=1S/C18H20N6O4.C4F6O2/c19-18(20)23-13-5-1-3-11(7-13)17(28)22-10-15(25)24-14(8-16(26)27)12-4-2-6-21-9-12;5-3(6,7)1(11)2(12)4(8,9)10/h1-7,9,14H,8,10H2,(H,22,28)(H,24,25)(H,26,27)(H4,19,20,23);. The molecule has 0 fully saturated rings. The van der Waals surface area contributed by atoms with Gasteiger partial charge in [0.1, 0.15) is 0 Å². The van der Waals surface area contributed by atoms with Crippen molar-refractivity contribution in [2.75, 3.05) is 6.54 Å². The molecule has 216 valence electrons. The molecular weight excluding hydrogens is 558 g/mol. The van der Waals surface area contributed by atoms with Crippen LogP contribution in [0.1, 0.15) is 28.4 Å². The third-order valence-electron chi connectivity index (χ3n) is 4.30.